The van der Waals surface area contributed by atoms with Crippen molar-refractivity contribution in [2.24, 2.45) is 0 Å². The van der Waals surface area contributed by atoms with Crippen molar-refractivity contribution in [3.05, 3.63) is 47.2 Å². The first kappa shape index (κ1) is 22.0. The number of alkyl halides is 3. The van der Waals surface area contributed by atoms with Gasteiger partial charge in [0.15, 0.2) is 0 Å². The number of nitrogens with one attached hydrogen (secondary N) is 1. The molecule has 154 valence electrons. The first-order valence-corrected chi connectivity index (χ1v) is 9.51. The molecular formula is C17H15F3N4O4S. The van der Waals surface area contributed by atoms with Crippen LogP contribution < -0.4 is 15.8 Å². The van der Waals surface area contributed by atoms with E-state index >= 15 is 0 Å². The molecule has 12 heteroatoms. The molecular weight excluding hydrogens is 413 g/mol. The van der Waals surface area contributed by atoms with Crippen molar-refractivity contribution in [3.8, 4) is 11.9 Å². The van der Waals surface area contributed by atoms with Crippen LogP contribution in [-0.4, -0.2) is 31.4 Å². The van der Waals surface area contributed by atoms with Crippen LogP contribution in [-0.2, 0) is 16.4 Å². The Morgan fingerprint density at radius 1 is 1.31 bits per heavy atom. The molecule has 0 radical (unpaired) electrons. The summed E-state index contributed by atoms with van der Waals surface area (Å²) in [4.78, 5) is 15.3. The third-order valence-corrected chi connectivity index (χ3v) is 5.14. The number of amides is 1. The second-order valence-electron chi connectivity index (χ2n) is 5.60. The first-order chi connectivity index (χ1) is 13.5. The number of nitrogens with two attached hydrogens (primary N) is 1. The normalized spacial score (nSPS) is 11.6. The van der Waals surface area contributed by atoms with Crippen LogP contribution in [0.4, 0.5) is 18.9 Å². The quantitative estimate of drug-likeness (QED) is 0.720. The SMILES string of the molecule is CCOc1nc(C(=O)NCc2ccc(S(=O)(=O)C(F)(F)F)cc2)cc(N)c1C#N. The zero-order valence-electron chi connectivity index (χ0n) is 14.9. The molecule has 0 fully saturated rings. The van der Waals surface area contributed by atoms with Crippen molar-refractivity contribution >= 4 is 21.4 Å². The lowest BCUT2D eigenvalue weighted by Crippen LogP contribution is -2.25. The van der Waals surface area contributed by atoms with Gasteiger partial charge in [0, 0.05) is 6.54 Å². The van der Waals surface area contributed by atoms with Gasteiger partial charge in [0.2, 0.25) is 5.88 Å². The second kappa shape index (κ2) is 8.36. The van der Waals surface area contributed by atoms with Gasteiger partial charge in [-0.05, 0) is 30.7 Å². The van der Waals surface area contributed by atoms with Crippen LogP contribution in [0.1, 0.15) is 28.5 Å². The molecule has 0 bridgehead atoms. The number of aromatic nitrogens is 1. The molecule has 0 aliphatic heterocycles. The maximum atomic E-state index is 12.5. The first-order valence-electron chi connectivity index (χ1n) is 8.03. The van der Waals surface area contributed by atoms with Crippen molar-refractivity contribution < 1.29 is 31.1 Å². The Labute approximate surface area is 164 Å². The molecule has 0 spiro atoms. The van der Waals surface area contributed by atoms with Gasteiger partial charge in [-0.25, -0.2) is 13.4 Å². The Kier molecular flexibility index (Phi) is 6.33. The summed E-state index contributed by atoms with van der Waals surface area (Å²) >= 11 is 0. The molecule has 3 N–H and O–H groups in total. The minimum absolute atomic E-state index is 0.00203. The Bertz CT molecular complexity index is 1060. The number of anilines is 1. The fourth-order valence-corrected chi connectivity index (χ4v) is 2.97. The van der Waals surface area contributed by atoms with Crippen LogP contribution in [0, 0.1) is 11.3 Å². The summed E-state index contributed by atoms with van der Waals surface area (Å²) in [6.07, 6.45) is 0. The Hall–Kier alpha value is -3.33. The summed E-state index contributed by atoms with van der Waals surface area (Å²) in [5.74, 6) is -0.768. The summed E-state index contributed by atoms with van der Waals surface area (Å²) in [6.45, 7) is 1.74. The van der Waals surface area contributed by atoms with Crippen molar-refractivity contribution in [1.82, 2.24) is 10.3 Å². The number of pyridine rings is 1. The monoisotopic (exact) mass is 428 g/mol. The van der Waals surface area contributed by atoms with Gasteiger partial charge in [0.1, 0.15) is 17.3 Å². The van der Waals surface area contributed by atoms with E-state index in [1.807, 2.05) is 6.07 Å². The van der Waals surface area contributed by atoms with Crippen LogP contribution in [0.5, 0.6) is 5.88 Å². The number of rotatable bonds is 6. The smallest absolute Gasteiger partial charge is 0.477 e. The molecule has 0 aliphatic carbocycles. The average Bonchev–Trinajstić information content (AvgIpc) is 2.65. The number of halogens is 3. The molecule has 2 rings (SSSR count). The summed E-state index contributed by atoms with van der Waals surface area (Å²) < 4.78 is 65.5. The molecule has 2 aromatic rings. The van der Waals surface area contributed by atoms with E-state index in [2.05, 4.69) is 10.3 Å². The highest BCUT2D eigenvalue weighted by molar-refractivity contribution is 7.92. The molecule has 1 heterocycles. The Morgan fingerprint density at radius 3 is 2.45 bits per heavy atom. The maximum Gasteiger partial charge on any atom is 0.501 e. The van der Waals surface area contributed by atoms with Gasteiger partial charge in [0.25, 0.3) is 15.7 Å². The molecule has 8 nitrogen and oxygen atoms in total. The van der Waals surface area contributed by atoms with Crippen molar-refractivity contribution in [3.63, 3.8) is 0 Å². The number of nitriles is 1. The number of sulfone groups is 1. The van der Waals surface area contributed by atoms with Crippen molar-refractivity contribution in [2.45, 2.75) is 23.9 Å². The highest BCUT2D eigenvalue weighted by atomic mass is 32.2. The predicted molar refractivity (Wildman–Crippen MR) is 95.4 cm³/mol. The van der Waals surface area contributed by atoms with E-state index in [0.717, 1.165) is 24.3 Å². The second-order valence-corrected chi connectivity index (χ2v) is 7.54. The van der Waals surface area contributed by atoms with Gasteiger partial charge in [0.05, 0.1) is 17.2 Å². The lowest BCUT2D eigenvalue weighted by molar-refractivity contribution is -0.0436. The van der Waals surface area contributed by atoms with Crippen LogP contribution >= 0.6 is 0 Å². The number of benzene rings is 1. The highest BCUT2D eigenvalue weighted by Crippen LogP contribution is 2.30. The molecule has 0 unspecified atom stereocenters. The number of nitrogen functional groups attached to an aromatic ring is 1. The number of hydrogen-bond acceptors (Lipinski definition) is 7. The molecule has 0 atom stereocenters. The summed E-state index contributed by atoms with van der Waals surface area (Å²) in [5.41, 5.74) is 0.546. The lowest BCUT2D eigenvalue weighted by Gasteiger charge is -2.11. The largest absolute Gasteiger partial charge is 0.501 e. The third-order valence-electron chi connectivity index (χ3n) is 3.63. The summed E-state index contributed by atoms with van der Waals surface area (Å²) in [6, 6.07) is 6.91. The molecule has 1 aromatic heterocycles. The minimum Gasteiger partial charge on any atom is -0.477 e. The predicted octanol–water partition coefficient (Wildman–Crippen LogP) is 2.16. The zero-order valence-corrected chi connectivity index (χ0v) is 15.8. The number of nitrogens with zero attached hydrogens (tertiary/aromatic N) is 2. The number of carbonyl (C=O) groups excluding carboxylic acids is 1. The van der Waals surface area contributed by atoms with E-state index in [-0.39, 0.29) is 36.0 Å². The fourth-order valence-electron chi connectivity index (χ4n) is 2.20. The van der Waals surface area contributed by atoms with Crippen LogP contribution in [0.2, 0.25) is 0 Å². The molecule has 0 aliphatic rings. The van der Waals surface area contributed by atoms with E-state index in [1.165, 1.54) is 6.07 Å². The van der Waals surface area contributed by atoms with Gasteiger partial charge >= 0.3 is 5.51 Å². The standard InChI is InChI=1S/C17H15F3N4O4S/c1-2-28-16-12(8-21)13(22)7-14(24-16)15(25)23-9-10-3-5-11(6-4-10)29(26,27)17(18,19)20/h3-7H,2,9H2,1H3,(H2,22,24)(H,23,25). The van der Waals surface area contributed by atoms with E-state index in [0.29, 0.717) is 5.56 Å². The lowest BCUT2D eigenvalue weighted by atomic mass is 10.2. The van der Waals surface area contributed by atoms with E-state index in [9.17, 15) is 26.4 Å². The Morgan fingerprint density at radius 2 is 1.93 bits per heavy atom. The summed E-state index contributed by atoms with van der Waals surface area (Å²) in [5, 5.41) is 11.5. The van der Waals surface area contributed by atoms with Gasteiger partial charge in [-0.15, -0.1) is 0 Å². The fraction of sp³-hybridized carbons (Fsp3) is 0.235. The van der Waals surface area contributed by atoms with Crippen LogP contribution in [0.15, 0.2) is 35.2 Å². The van der Waals surface area contributed by atoms with Crippen molar-refractivity contribution in [2.75, 3.05) is 12.3 Å². The number of hydrogen-bond donors (Lipinski definition) is 2. The van der Waals surface area contributed by atoms with Gasteiger partial charge in [-0.1, -0.05) is 12.1 Å². The number of carbonyl (C=O) groups is 1. The minimum atomic E-state index is -5.44. The highest BCUT2D eigenvalue weighted by Gasteiger charge is 2.46. The van der Waals surface area contributed by atoms with E-state index in [4.69, 9.17) is 15.7 Å². The maximum absolute atomic E-state index is 12.5. The molecule has 0 saturated carbocycles. The van der Waals surface area contributed by atoms with Gasteiger partial charge in [-0.2, -0.15) is 18.4 Å². The number of ether oxygens (including phenoxy) is 1. The third kappa shape index (κ3) is 4.75. The van der Waals surface area contributed by atoms with Crippen molar-refractivity contribution in [1.29, 1.82) is 5.26 Å². The van der Waals surface area contributed by atoms with Gasteiger partial charge in [-0.3, -0.25) is 4.79 Å². The summed E-state index contributed by atoms with van der Waals surface area (Å²) in [7, 11) is -5.44. The van der Waals surface area contributed by atoms with Crippen LogP contribution in [0.3, 0.4) is 0 Å². The van der Waals surface area contributed by atoms with E-state index in [1.54, 1.807) is 6.92 Å². The molecule has 0 saturated heterocycles. The molecule has 29 heavy (non-hydrogen) atoms. The zero-order chi connectivity index (χ0) is 21.8. The average molecular weight is 428 g/mol. The Balaban J connectivity index is 2.15. The van der Waals surface area contributed by atoms with Crippen LogP contribution in [0.25, 0.3) is 0 Å². The van der Waals surface area contributed by atoms with E-state index < -0.39 is 26.1 Å². The molecule has 1 amide bonds. The van der Waals surface area contributed by atoms with Gasteiger partial charge < -0.3 is 15.8 Å². The topological polar surface area (TPSA) is 135 Å². The molecule has 1 aromatic carbocycles.